The second-order valence-corrected chi connectivity index (χ2v) is 6.53. The van der Waals surface area contributed by atoms with Gasteiger partial charge in [0.2, 0.25) is 0 Å². The van der Waals surface area contributed by atoms with E-state index in [1.54, 1.807) is 0 Å². The highest BCUT2D eigenvalue weighted by Crippen LogP contribution is 2.27. The summed E-state index contributed by atoms with van der Waals surface area (Å²) in [6, 6.07) is 24.5. The predicted octanol–water partition coefficient (Wildman–Crippen LogP) is 4.23. The van der Waals surface area contributed by atoms with Gasteiger partial charge in [-0.3, -0.25) is 4.79 Å². The summed E-state index contributed by atoms with van der Waals surface area (Å²) < 4.78 is 5.74. The Morgan fingerprint density at radius 1 is 0.960 bits per heavy atom. The summed E-state index contributed by atoms with van der Waals surface area (Å²) in [4.78, 5) is 14.4. The highest BCUT2D eigenvalue weighted by atomic mass is 16.5. The molecule has 0 bridgehead atoms. The topological polar surface area (TPSA) is 29.5 Å². The van der Waals surface area contributed by atoms with Crippen LogP contribution >= 0.6 is 0 Å². The maximum Gasteiger partial charge on any atom is 0.260 e. The van der Waals surface area contributed by atoms with Crippen LogP contribution in [0.25, 0.3) is 10.8 Å². The summed E-state index contributed by atoms with van der Waals surface area (Å²) >= 11 is 0. The number of fused-ring (bicyclic) bond motifs is 1. The number of likely N-dealkylation sites (tertiary alicyclic amines) is 1. The molecular formula is C22H21NO2. The average molecular weight is 331 g/mol. The third-order valence-corrected chi connectivity index (χ3v) is 4.90. The van der Waals surface area contributed by atoms with Crippen LogP contribution in [0.3, 0.4) is 0 Å². The normalized spacial score (nSPS) is 17.0. The Kier molecular flexibility index (Phi) is 4.38. The van der Waals surface area contributed by atoms with Crippen LogP contribution in [0.2, 0.25) is 0 Å². The molecule has 1 aliphatic heterocycles. The standard InChI is InChI=1S/C22H21NO2/c24-22(23-13-12-20(15-23)17-6-2-1-3-7-17)16-25-21-11-10-18-8-4-5-9-19(18)14-21/h1-11,14,20H,12-13,15-16H2. The highest BCUT2D eigenvalue weighted by molar-refractivity contribution is 5.84. The third kappa shape index (κ3) is 3.50. The molecule has 0 aliphatic carbocycles. The van der Waals surface area contributed by atoms with Crippen LogP contribution in [0, 0.1) is 0 Å². The first kappa shape index (κ1) is 15.7. The molecule has 1 heterocycles. The van der Waals surface area contributed by atoms with Crippen LogP contribution in [0.4, 0.5) is 0 Å². The average Bonchev–Trinajstić information content (AvgIpc) is 3.17. The number of carbonyl (C=O) groups is 1. The van der Waals surface area contributed by atoms with E-state index in [0.29, 0.717) is 5.92 Å². The van der Waals surface area contributed by atoms with Gasteiger partial charge in [0, 0.05) is 19.0 Å². The lowest BCUT2D eigenvalue weighted by Gasteiger charge is -2.17. The van der Waals surface area contributed by atoms with Crippen molar-refractivity contribution in [1.29, 1.82) is 0 Å². The number of carbonyl (C=O) groups excluding carboxylic acids is 1. The first-order valence-electron chi connectivity index (χ1n) is 8.74. The summed E-state index contributed by atoms with van der Waals surface area (Å²) in [6.07, 6.45) is 1.02. The molecule has 1 atom stereocenters. The lowest BCUT2D eigenvalue weighted by Crippen LogP contribution is -2.32. The Labute approximate surface area is 147 Å². The van der Waals surface area contributed by atoms with E-state index in [-0.39, 0.29) is 12.5 Å². The quantitative estimate of drug-likeness (QED) is 0.716. The van der Waals surface area contributed by atoms with Gasteiger partial charge in [-0.15, -0.1) is 0 Å². The first-order chi connectivity index (χ1) is 12.3. The molecule has 1 saturated heterocycles. The fraction of sp³-hybridized carbons (Fsp3) is 0.227. The summed E-state index contributed by atoms with van der Waals surface area (Å²) in [6.45, 7) is 1.68. The van der Waals surface area contributed by atoms with Crippen molar-refractivity contribution in [3.8, 4) is 5.75 Å². The van der Waals surface area contributed by atoms with E-state index in [1.807, 2.05) is 41.3 Å². The van der Waals surface area contributed by atoms with Gasteiger partial charge >= 0.3 is 0 Å². The van der Waals surface area contributed by atoms with E-state index >= 15 is 0 Å². The number of hydrogen-bond donors (Lipinski definition) is 0. The van der Waals surface area contributed by atoms with Gasteiger partial charge in [-0.05, 0) is 34.9 Å². The maximum atomic E-state index is 12.5. The van der Waals surface area contributed by atoms with E-state index in [1.165, 1.54) is 10.9 Å². The first-order valence-corrected chi connectivity index (χ1v) is 8.74. The zero-order chi connectivity index (χ0) is 17.1. The van der Waals surface area contributed by atoms with E-state index in [2.05, 4.69) is 36.4 Å². The lowest BCUT2D eigenvalue weighted by atomic mass is 9.99. The zero-order valence-corrected chi connectivity index (χ0v) is 14.1. The largest absolute Gasteiger partial charge is 0.484 e. The van der Waals surface area contributed by atoms with Crippen molar-refractivity contribution < 1.29 is 9.53 Å². The molecule has 126 valence electrons. The van der Waals surface area contributed by atoms with Crippen molar-refractivity contribution in [3.05, 3.63) is 78.4 Å². The van der Waals surface area contributed by atoms with E-state index in [0.717, 1.165) is 30.6 Å². The number of benzene rings is 3. The molecule has 0 aromatic heterocycles. The molecule has 3 aromatic rings. The van der Waals surface area contributed by atoms with Crippen LogP contribution in [-0.2, 0) is 4.79 Å². The SMILES string of the molecule is O=C(COc1ccc2ccccc2c1)N1CCC(c2ccccc2)C1. The summed E-state index contributed by atoms with van der Waals surface area (Å²) in [5.74, 6) is 1.24. The number of hydrogen-bond acceptors (Lipinski definition) is 2. The van der Waals surface area contributed by atoms with E-state index < -0.39 is 0 Å². The molecule has 4 rings (SSSR count). The molecule has 1 aliphatic rings. The molecule has 0 saturated carbocycles. The van der Waals surface area contributed by atoms with Gasteiger partial charge in [0.1, 0.15) is 5.75 Å². The molecule has 3 aromatic carbocycles. The number of nitrogens with zero attached hydrogens (tertiary/aromatic N) is 1. The lowest BCUT2D eigenvalue weighted by molar-refractivity contribution is -0.132. The van der Waals surface area contributed by atoms with Gasteiger partial charge in [0.15, 0.2) is 6.61 Å². The van der Waals surface area contributed by atoms with Gasteiger partial charge in [-0.25, -0.2) is 0 Å². The van der Waals surface area contributed by atoms with E-state index in [9.17, 15) is 4.79 Å². The molecule has 0 radical (unpaired) electrons. The van der Waals surface area contributed by atoms with Crippen molar-refractivity contribution in [2.24, 2.45) is 0 Å². The predicted molar refractivity (Wildman–Crippen MR) is 99.8 cm³/mol. The second kappa shape index (κ2) is 6.98. The molecule has 1 amide bonds. The zero-order valence-electron chi connectivity index (χ0n) is 14.1. The van der Waals surface area contributed by atoms with Crippen molar-refractivity contribution >= 4 is 16.7 Å². The van der Waals surface area contributed by atoms with Crippen LogP contribution in [0.5, 0.6) is 5.75 Å². The van der Waals surface area contributed by atoms with Crippen molar-refractivity contribution in [1.82, 2.24) is 4.90 Å². The van der Waals surface area contributed by atoms with Gasteiger partial charge in [-0.1, -0.05) is 60.7 Å². The molecule has 0 spiro atoms. The van der Waals surface area contributed by atoms with Gasteiger partial charge in [0.25, 0.3) is 5.91 Å². The Bertz CT molecular complexity index is 875. The van der Waals surface area contributed by atoms with Crippen molar-refractivity contribution in [3.63, 3.8) is 0 Å². The molecule has 25 heavy (non-hydrogen) atoms. The van der Waals surface area contributed by atoms with E-state index in [4.69, 9.17) is 4.74 Å². The fourth-order valence-electron chi connectivity index (χ4n) is 3.48. The minimum absolute atomic E-state index is 0.0617. The number of rotatable bonds is 4. The molecule has 3 heteroatoms. The van der Waals surface area contributed by atoms with Gasteiger partial charge in [0.05, 0.1) is 0 Å². The Balaban J connectivity index is 1.36. The third-order valence-electron chi connectivity index (χ3n) is 4.90. The second-order valence-electron chi connectivity index (χ2n) is 6.53. The highest BCUT2D eigenvalue weighted by Gasteiger charge is 2.27. The minimum atomic E-state index is 0.0617. The fourth-order valence-corrected chi connectivity index (χ4v) is 3.48. The molecule has 1 fully saturated rings. The van der Waals surface area contributed by atoms with Crippen LogP contribution in [-0.4, -0.2) is 30.5 Å². The number of ether oxygens (including phenoxy) is 1. The van der Waals surface area contributed by atoms with Crippen LogP contribution in [0.15, 0.2) is 72.8 Å². The smallest absolute Gasteiger partial charge is 0.260 e. The Morgan fingerprint density at radius 3 is 2.56 bits per heavy atom. The maximum absolute atomic E-state index is 12.5. The van der Waals surface area contributed by atoms with Crippen molar-refractivity contribution in [2.45, 2.75) is 12.3 Å². The minimum Gasteiger partial charge on any atom is -0.484 e. The number of amides is 1. The van der Waals surface area contributed by atoms with Gasteiger partial charge in [-0.2, -0.15) is 0 Å². The Hall–Kier alpha value is -2.81. The summed E-state index contributed by atoms with van der Waals surface area (Å²) in [5, 5.41) is 2.30. The summed E-state index contributed by atoms with van der Waals surface area (Å²) in [5.41, 5.74) is 1.31. The van der Waals surface area contributed by atoms with Crippen LogP contribution < -0.4 is 4.74 Å². The Morgan fingerprint density at radius 2 is 1.72 bits per heavy atom. The molecular weight excluding hydrogens is 310 g/mol. The van der Waals surface area contributed by atoms with Crippen molar-refractivity contribution in [2.75, 3.05) is 19.7 Å². The summed E-state index contributed by atoms with van der Waals surface area (Å²) in [7, 11) is 0. The molecule has 3 nitrogen and oxygen atoms in total. The molecule has 1 unspecified atom stereocenters. The molecule has 0 N–H and O–H groups in total. The van der Waals surface area contributed by atoms with Gasteiger partial charge < -0.3 is 9.64 Å². The van der Waals surface area contributed by atoms with Crippen LogP contribution in [0.1, 0.15) is 17.9 Å². The monoisotopic (exact) mass is 331 g/mol.